The first kappa shape index (κ1) is 15.7. The molecule has 4 N–H and O–H groups in total. The normalized spacial score (nSPS) is 16.2. The predicted molar refractivity (Wildman–Crippen MR) is 78.7 cm³/mol. The second-order valence-corrected chi connectivity index (χ2v) is 5.40. The summed E-state index contributed by atoms with van der Waals surface area (Å²) in [6, 6.07) is 5.38. The van der Waals surface area contributed by atoms with Crippen LogP contribution in [0.15, 0.2) is 23.4 Å². The Morgan fingerprint density at radius 2 is 2.19 bits per heavy atom. The summed E-state index contributed by atoms with van der Waals surface area (Å²) in [7, 11) is 0. The van der Waals surface area contributed by atoms with Crippen LogP contribution in [0.25, 0.3) is 0 Å². The number of aliphatic hydroxyl groups excluding tert-OH is 1. The van der Waals surface area contributed by atoms with E-state index in [1.165, 1.54) is 12.5 Å². The summed E-state index contributed by atoms with van der Waals surface area (Å²) in [6.07, 6.45) is 4.12. The minimum Gasteiger partial charge on any atom is -0.409 e. The van der Waals surface area contributed by atoms with Crippen molar-refractivity contribution >= 4 is 5.84 Å². The zero-order valence-electron chi connectivity index (χ0n) is 12.0. The van der Waals surface area contributed by atoms with Gasteiger partial charge >= 0.3 is 0 Å². The molecule has 1 aliphatic rings. The van der Waals surface area contributed by atoms with Crippen LogP contribution in [0.3, 0.4) is 0 Å². The van der Waals surface area contributed by atoms with Crippen molar-refractivity contribution in [3.63, 3.8) is 0 Å². The maximum atomic E-state index is 14.4. The quantitative estimate of drug-likeness (QED) is 0.309. The Labute approximate surface area is 123 Å². The summed E-state index contributed by atoms with van der Waals surface area (Å²) in [4.78, 5) is 2.20. The number of oxime groups is 1. The Balaban J connectivity index is 2.16. The van der Waals surface area contributed by atoms with Gasteiger partial charge in [-0.1, -0.05) is 23.7 Å². The zero-order valence-corrected chi connectivity index (χ0v) is 12.0. The van der Waals surface area contributed by atoms with Crippen molar-refractivity contribution < 1.29 is 14.7 Å². The van der Waals surface area contributed by atoms with Crippen molar-refractivity contribution in [2.24, 2.45) is 10.9 Å². The first-order chi connectivity index (χ1) is 10.2. The van der Waals surface area contributed by atoms with Gasteiger partial charge in [0.15, 0.2) is 5.84 Å². The van der Waals surface area contributed by atoms with E-state index >= 15 is 0 Å². The van der Waals surface area contributed by atoms with E-state index < -0.39 is 5.82 Å². The van der Waals surface area contributed by atoms with Gasteiger partial charge in [-0.3, -0.25) is 4.90 Å². The maximum absolute atomic E-state index is 14.4. The van der Waals surface area contributed by atoms with E-state index in [4.69, 9.17) is 16.0 Å². The van der Waals surface area contributed by atoms with E-state index in [0.717, 1.165) is 19.4 Å². The van der Waals surface area contributed by atoms with Crippen molar-refractivity contribution in [3.05, 3.63) is 35.1 Å². The molecule has 21 heavy (non-hydrogen) atoms. The molecule has 0 aromatic heterocycles. The van der Waals surface area contributed by atoms with Crippen LogP contribution < -0.4 is 5.73 Å². The molecule has 1 aromatic rings. The molecule has 0 aliphatic heterocycles. The lowest BCUT2D eigenvalue weighted by Crippen LogP contribution is -2.40. The molecule has 0 amide bonds. The van der Waals surface area contributed by atoms with Gasteiger partial charge in [-0.2, -0.15) is 0 Å². The molecular weight excluding hydrogens is 273 g/mol. The Bertz CT molecular complexity index is 504. The van der Waals surface area contributed by atoms with Gasteiger partial charge in [-0.05, 0) is 25.3 Å². The highest BCUT2D eigenvalue weighted by Gasteiger charge is 2.25. The summed E-state index contributed by atoms with van der Waals surface area (Å²) in [6.45, 7) is 1.35. The molecule has 5 nitrogen and oxygen atoms in total. The molecule has 1 fully saturated rings. The number of nitrogens with two attached hydrogens (primary N) is 1. The van der Waals surface area contributed by atoms with Crippen molar-refractivity contribution in [3.8, 4) is 0 Å². The fourth-order valence-electron chi connectivity index (χ4n) is 2.59. The Kier molecular flexibility index (Phi) is 5.52. The van der Waals surface area contributed by atoms with Crippen LogP contribution in [-0.2, 0) is 6.54 Å². The summed E-state index contributed by atoms with van der Waals surface area (Å²) in [5.41, 5.74) is 6.13. The fourth-order valence-corrected chi connectivity index (χ4v) is 2.59. The fraction of sp³-hybridized carbons (Fsp3) is 0.533. The van der Waals surface area contributed by atoms with Crippen LogP contribution in [0.4, 0.5) is 4.39 Å². The number of halogens is 1. The lowest BCUT2D eigenvalue weighted by molar-refractivity contribution is 0.108. The van der Waals surface area contributed by atoms with Crippen molar-refractivity contribution in [1.82, 2.24) is 4.90 Å². The second-order valence-electron chi connectivity index (χ2n) is 5.40. The smallest absolute Gasteiger partial charge is 0.173 e. The molecule has 0 radical (unpaired) electrons. The number of amidine groups is 1. The monoisotopic (exact) mass is 295 g/mol. The molecule has 1 aliphatic carbocycles. The molecule has 1 aromatic carbocycles. The standard InChI is InChI=1S/C15H22FN3O2/c16-14-11(4-1-7-13(14)15(17)18-21)10-19(8-3-9-20)12-5-2-6-12/h1,4,7,12,20-21H,2-3,5-6,8-10H2,(H2,17,18). The molecule has 0 atom stereocenters. The lowest BCUT2D eigenvalue weighted by Gasteiger charge is -2.37. The number of hydrogen-bond donors (Lipinski definition) is 3. The minimum atomic E-state index is -0.443. The van der Waals surface area contributed by atoms with Crippen LogP contribution in [0.5, 0.6) is 0 Å². The first-order valence-electron chi connectivity index (χ1n) is 7.27. The van der Waals surface area contributed by atoms with Crippen LogP contribution >= 0.6 is 0 Å². The van der Waals surface area contributed by atoms with Gasteiger partial charge in [0.05, 0.1) is 5.56 Å². The Hall–Kier alpha value is -1.66. The molecule has 6 heteroatoms. The molecular formula is C15H22FN3O2. The SMILES string of the molecule is N/C(=N/O)c1cccc(CN(CCCO)C2CCC2)c1F. The lowest BCUT2D eigenvalue weighted by atomic mass is 9.91. The highest BCUT2D eigenvalue weighted by atomic mass is 19.1. The molecule has 1 saturated carbocycles. The van der Waals surface area contributed by atoms with E-state index in [0.29, 0.717) is 24.6 Å². The predicted octanol–water partition coefficient (Wildman–Crippen LogP) is 1.66. The first-order valence-corrected chi connectivity index (χ1v) is 7.27. The number of hydrogen-bond acceptors (Lipinski definition) is 4. The Morgan fingerprint density at radius 3 is 2.76 bits per heavy atom. The van der Waals surface area contributed by atoms with Crippen molar-refractivity contribution in [2.45, 2.75) is 38.3 Å². The maximum Gasteiger partial charge on any atom is 0.173 e. The molecule has 2 rings (SSSR count). The van der Waals surface area contributed by atoms with Crippen LogP contribution in [0.1, 0.15) is 36.8 Å². The van der Waals surface area contributed by atoms with Crippen LogP contribution in [0.2, 0.25) is 0 Å². The number of aliphatic hydroxyl groups is 1. The summed E-state index contributed by atoms with van der Waals surface area (Å²) >= 11 is 0. The average molecular weight is 295 g/mol. The third-order valence-corrected chi connectivity index (χ3v) is 4.03. The minimum absolute atomic E-state index is 0.116. The summed E-state index contributed by atoms with van der Waals surface area (Å²) in [5.74, 6) is -0.666. The molecule has 0 heterocycles. The largest absolute Gasteiger partial charge is 0.409 e. The number of benzene rings is 1. The molecule has 0 spiro atoms. The van der Waals surface area contributed by atoms with E-state index in [-0.39, 0.29) is 18.0 Å². The summed E-state index contributed by atoms with van der Waals surface area (Å²) < 4.78 is 14.4. The van der Waals surface area contributed by atoms with Crippen LogP contribution in [0, 0.1) is 5.82 Å². The van der Waals surface area contributed by atoms with Gasteiger partial charge in [0.2, 0.25) is 0 Å². The highest BCUT2D eigenvalue weighted by Crippen LogP contribution is 2.27. The van der Waals surface area contributed by atoms with Gasteiger partial charge in [0.25, 0.3) is 0 Å². The average Bonchev–Trinajstić information content (AvgIpc) is 2.44. The van der Waals surface area contributed by atoms with Gasteiger partial charge in [0.1, 0.15) is 5.82 Å². The highest BCUT2D eigenvalue weighted by molar-refractivity contribution is 5.97. The van der Waals surface area contributed by atoms with Crippen molar-refractivity contribution in [1.29, 1.82) is 0 Å². The molecule has 0 bridgehead atoms. The van der Waals surface area contributed by atoms with E-state index in [1.807, 2.05) is 0 Å². The van der Waals surface area contributed by atoms with E-state index in [9.17, 15) is 4.39 Å². The number of rotatable bonds is 7. The topological polar surface area (TPSA) is 82.1 Å². The van der Waals surface area contributed by atoms with Crippen molar-refractivity contribution in [2.75, 3.05) is 13.2 Å². The van der Waals surface area contributed by atoms with Crippen LogP contribution in [-0.4, -0.2) is 40.2 Å². The number of nitrogens with zero attached hydrogens (tertiary/aromatic N) is 2. The third kappa shape index (κ3) is 3.71. The van der Waals surface area contributed by atoms with Gasteiger partial charge < -0.3 is 16.0 Å². The molecule has 0 saturated heterocycles. The van der Waals surface area contributed by atoms with Gasteiger partial charge in [-0.15, -0.1) is 0 Å². The Morgan fingerprint density at radius 1 is 1.43 bits per heavy atom. The van der Waals surface area contributed by atoms with E-state index in [2.05, 4.69) is 10.1 Å². The summed E-state index contributed by atoms with van der Waals surface area (Å²) in [5, 5.41) is 20.6. The molecule has 0 unspecified atom stereocenters. The van der Waals surface area contributed by atoms with Gasteiger partial charge in [0, 0.05) is 31.3 Å². The molecule has 116 valence electrons. The van der Waals surface area contributed by atoms with E-state index in [1.54, 1.807) is 12.1 Å². The third-order valence-electron chi connectivity index (χ3n) is 4.03. The second kappa shape index (κ2) is 7.38. The van der Waals surface area contributed by atoms with Gasteiger partial charge in [-0.25, -0.2) is 4.39 Å². The zero-order chi connectivity index (χ0) is 15.2.